The van der Waals surface area contributed by atoms with Crippen molar-refractivity contribution in [3.63, 3.8) is 0 Å². The van der Waals surface area contributed by atoms with Crippen molar-refractivity contribution >= 4 is 0 Å². The molecule has 0 spiro atoms. The maximum atomic E-state index is 14.3. The quantitative estimate of drug-likeness (QED) is 0.355. The maximum Gasteiger partial charge on any atom is 0.257 e. The van der Waals surface area contributed by atoms with Crippen LogP contribution in [-0.2, 0) is 6.42 Å². The molecular formula is C25H23FN2O3. The minimum Gasteiger partial charge on any atom is -0.497 e. The molecule has 0 bridgehead atoms. The first-order valence-electron chi connectivity index (χ1n) is 10.1. The molecule has 0 radical (unpaired) electrons. The molecule has 0 saturated carbocycles. The summed E-state index contributed by atoms with van der Waals surface area (Å²) in [4.78, 5) is 4.49. The van der Waals surface area contributed by atoms with E-state index in [1.165, 1.54) is 6.07 Å². The zero-order valence-corrected chi connectivity index (χ0v) is 17.5. The standard InChI is InChI=1S/C25H23FN2O3/c1-3-14-30-23-13-10-20(16-22(23)26)18-6-8-19(9-7-18)25-27-24(28-31-25)15-17-4-11-21(29-2)12-5-17/h4-13,16H,3,14-15H2,1-2H3. The fraction of sp³-hybridized carbons (Fsp3) is 0.200. The molecule has 5 nitrogen and oxygen atoms in total. The topological polar surface area (TPSA) is 57.4 Å². The van der Waals surface area contributed by atoms with Crippen molar-refractivity contribution in [2.45, 2.75) is 19.8 Å². The highest BCUT2D eigenvalue weighted by atomic mass is 19.1. The predicted octanol–water partition coefficient (Wildman–Crippen LogP) is 5.93. The van der Waals surface area contributed by atoms with E-state index in [0.29, 0.717) is 24.7 Å². The Labute approximate surface area is 180 Å². The molecule has 3 aromatic carbocycles. The molecule has 4 rings (SSSR count). The summed E-state index contributed by atoms with van der Waals surface area (Å²) in [5, 5.41) is 4.08. The summed E-state index contributed by atoms with van der Waals surface area (Å²) < 4.78 is 30.3. The van der Waals surface area contributed by atoms with Gasteiger partial charge in [0, 0.05) is 12.0 Å². The second kappa shape index (κ2) is 9.43. The lowest BCUT2D eigenvalue weighted by atomic mass is 10.0. The third-order valence-corrected chi connectivity index (χ3v) is 4.85. The summed E-state index contributed by atoms with van der Waals surface area (Å²) in [5.74, 6) is 1.77. The van der Waals surface area contributed by atoms with Crippen LogP contribution in [0, 0.1) is 5.82 Å². The Hall–Kier alpha value is -3.67. The zero-order chi connectivity index (χ0) is 21.6. The lowest BCUT2D eigenvalue weighted by Crippen LogP contribution is -1.97. The van der Waals surface area contributed by atoms with Crippen molar-refractivity contribution in [3.8, 4) is 34.1 Å². The fourth-order valence-electron chi connectivity index (χ4n) is 3.18. The number of hydrogen-bond acceptors (Lipinski definition) is 5. The van der Waals surface area contributed by atoms with Crippen molar-refractivity contribution in [1.29, 1.82) is 0 Å². The average molecular weight is 418 g/mol. The molecule has 31 heavy (non-hydrogen) atoms. The molecule has 1 heterocycles. The molecule has 158 valence electrons. The number of nitrogens with zero attached hydrogens (tertiary/aromatic N) is 2. The van der Waals surface area contributed by atoms with E-state index >= 15 is 0 Å². The van der Waals surface area contributed by atoms with E-state index in [2.05, 4.69) is 10.1 Å². The largest absolute Gasteiger partial charge is 0.497 e. The molecule has 0 N–H and O–H groups in total. The molecule has 0 aliphatic rings. The lowest BCUT2D eigenvalue weighted by molar-refractivity contribution is 0.301. The molecule has 0 fully saturated rings. The van der Waals surface area contributed by atoms with Gasteiger partial charge in [-0.1, -0.05) is 42.4 Å². The minimum atomic E-state index is -0.366. The van der Waals surface area contributed by atoms with E-state index in [4.69, 9.17) is 14.0 Å². The van der Waals surface area contributed by atoms with Gasteiger partial charge in [0.05, 0.1) is 13.7 Å². The van der Waals surface area contributed by atoms with Crippen molar-refractivity contribution in [2.24, 2.45) is 0 Å². The van der Waals surface area contributed by atoms with E-state index in [1.54, 1.807) is 13.2 Å². The zero-order valence-electron chi connectivity index (χ0n) is 17.5. The molecule has 0 unspecified atom stereocenters. The number of ether oxygens (including phenoxy) is 2. The number of benzene rings is 3. The molecule has 6 heteroatoms. The highest BCUT2D eigenvalue weighted by Gasteiger charge is 2.11. The van der Waals surface area contributed by atoms with Crippen LogP contribution in [-0.4, -0.2) is 23.9 Å². The van der Waals surface area contributed by atoms with Gasteiger partial charge in [0.1, 0.15) is 5.75 Å². The van der Waals surface area contributed by atoms with Crippen LogP contribution in [0.3, 0.4) is 0 Å². The van der Waals surface area contributed by atoms with Gasteiger partial charge in [-0.2, -0.15) is 4.98 Å². The van der Waals surface area contributed by atoms with Crippen LogP contribution in [0.15, 0.2) is 71.3 Å². The Kier molecular flexibility index (Phi) is 6.26. The number of methoxy groups -OCH3 is 1. The minimum absolute atomic E-state index is 0.275. The van der Waals surface area contributed by atoms with Crippen molar-refractivity contribution in [2.75, 3.05) is 13.7 Å². The smallest absolute Gasteiger partial charge is 0.257 e. The van der Waals surface area contributed by atoms with Gasteiger partial charge in [-0.05, 0) is 59.5 Å². The van der Waals surface area contributed by atoms with Crippen LogP contribution in [0.5, 0.6) is 11.5 Å². The van der Waals surface area contributed by atoms with Gasteiger partial charge in [0.25, 0.3) is 5.89 Å². The SMILES string of the molecule is CCCOc1ccc(-c2ccc(-c3nc(Cc4ccc(OC)cc4)no3)cc2)cc1F. The van der Waals surface area contributed by atoms with Crippen LogP contribution in [0.1, 0.15) is 24.7 Å². The second-order valence-corrected chi connectivity index (χ2v) is 7.11. The first kappa shape index (κ1) is 20.6. The number of hydrogen-bond donors (Lipinski definition) is 0. The molecule has 1 aromatic heterocycles. The number of rotatable bonds is 8. The number of halogens is 1. The van der Waals surface area contributed by atoms with Crippen molar-refractivity contribution < 1.29 is 18.4 Å². The Morgan fingerprint density at radius 1 is 0.903 bits per heavy atom. The maximum absolute atomic E-state index is 14.3. The van der Waals surface area contributed by atoms with Gasteiger partial charge < -0.3 is 14.0 Å². The summed E-state index contributed by atoms with van der Waals surface area (Å²) in [6.45, 7) is 2.48. The molecule has 0 aliphatic heterocycles. The molecule has 0 aliphatic carbocycles. The highest BCUT2D eigenvalue weighted by molar-refractivity contribution is 5.68. The third-order valence-electron chi connectivity index (χ3n) is 4.85. The molecule has 0 amide bonds. The Morgan fingerprint density at radius 2 is 1.61 bits per heavy atom. The van der Waals surface area contributed by atoms with Crippen LogP contribution in [0.4, 0.5) is 4.39 Å². The summed E-state index contributed by atoms with van der Waals surface area (Å²) in [6.07, 6.45) is 1.40. The Bertz CT molecular complexity index is 1140. The van der Waals surface area contributed by atoms with Gasteiger partial charge in [-0.3, -0.25) is 0 Å². The first-order valence-corrected chi connectivity index (χ1v) is 10.1. The van der Waals surface area contributed by atoms with E-state index in [1.807, 2.05) is 61.5 Å². The average Bonchev–Trinajstić information content (AvgIpc) is 3.27. The molecule has 0 atom stereocenters. The number of aromatic nitrogens is 2. The lowest BCUT2D eigenvalue weighted by Gasteiger charge is -2.08. The van der Waals surface area contributed by atoms with E-state index in [0.717, 1.165) is 34.4 Å². The van der Waals surface area contributed by atoms with E-state index in [-0.39, 0.29) is 11.6 Å². The summed E-state index contributed by atoms with van der Waals surface area (Å²) in [5.41, 5.74) is 3.54. The summed E-state index contributed by atoms with van der Waals surface area (Å²) in [6, 6.07) is 20.3. The van der Waals surface area contributed by atoms with Gasteiger partial charge in [0.2, 0.25) is 0 Å². The Balaban J connectivity index is 1.46. The van der Waals surface area contributed by atoms with Crippen LogP contribution >= 0.6 is 0 Å². The fourth-order valence-corrected chi connectivity index (χ4v) is 3.18. The van der Waals surface area contributed by atoms with Gasteiger partial charge in [0.15, 0.2) is 17.4 Å². The second-order valence-electron chi connectivity index (χ2n) is 7.11. The predicted molar refractivity (Wildman–Crippen MR) is 117 cm³/mol. The van der Waals surface area contributed by atoms with Crippen LogP contribution < -0.4 is 9.47 Å². The van der Waals surface area contributed by atoms with Gasteiger partial charge in [-0.25, -0.2) is 4.39 Å². The van der Waals surface area contributed by atoms with Crippen molar-refractivity contribution in [1.82, 2.24) is 10.1 Å². The van der Waals surface area contributed by atoms with Crippen LogP contribution in [0.2, 0.25) is 0 Å². The third kappa shape index (κ3) is 4.91. The highest BCUT2D eigenvalue weighted by Crippen LogP contribution is 2.28. The van der Waals surface area contributed by atoms with Gasteiger partial charge in [-0.15, -0.1) is 0 Å². The molecular weight excluding hydrogens is 395 g/mol. The van der Waals surface area contributed by atoms with Gasteiger partial charge >= 0.3 is 0 Å². The summed E-state index contributed by atoms with van der Waals surface area (Å²) >= 11 is 0. The van der Waals surface area contributed by atoms with Crippen LogP contribution in [0.25, 0.3) is 22.6 Å². The first-order chi connectivity index (χ1) is 15.2. The monoisotopic (exact) mass is 418 g/mol. The normalized spacial score (nSPS) is 10.8. The molecule has 0 saturated heterocycles. The van der Waals surface area contributed by atoms with E-state index < -0.39 is 0 Å². The summed E-state index contributed by atoms with van der Waals surface area (Å²) in [7, 11) is 1.64. The molecule has 4 aromatic rings. The Morgan fingerprint density at radius 3 is 2.29 bits per heavy atom. The van der Waals surface area contributed by atoms with E-state index in [9.17, 15) is 4.39 Å². The van der Waals surface area contributed by atoms with Crippen molar-refractivity contribution in [3.05, 3.63) is 83.9 Å².